The Balaban J connectivity index is 1.96. The van der Waals surface area contributed by atoms with Crippen molar-refractivity contribution in [3.05, 3.63) is 136 Å². The van der Waals surface area contributed by atoms with Gasteiger partial charge in [0.25, 0.3) is 0 Å². The number of benzene rings is 4. The van der Waals surface area contributed by atoms with Crippen LogP contribution in [0.2, 0.25) is 0 Å². The first-order valence-electron chi connectivity index (χ1n) is 13.0. The topological polar surface area (TPSA) is 52.3 Å². The number of halogens is 9. The highest BCUT2D eigenvalue weighted by Gasteiger charge is 2.45. The molecule has 0 unspecified atom stereocenters. The number of ether oxygens (including phenoxy) is 1. The second kappa shape index (κ2) is 12.7. The van der Waals surface area contributed by atoms with Crippen LogP contribution in [-0.2, 0) is 24.6 Å². The zero-order chi connectivity index (χ0) is 32.3. The number of rotatable bonds is 11. The zero-order valence-electron chi connectivity index (χ0n) is 22.7. The van der Waals surface area contributed by atoms with Crippen LogP contribution in [0, 0.1) is 11.6 Å². The summed E-state index contributed by atoms with van der Waals surface area (Å²) in [5.41, 5.74) is 3.12. The second-order valence-corrected chi connectivity index (χ2v) is 10.1. The minimum atomic E-state index is -5.12. The molecule has 12 heteroatoms. The Morgan fingerprint density at radius 3 is 2.02 bits per heavy atom. The van der Waals surface area contributed by atoms with Crippen molar-refractivity contribution in [2.24, 2.45) is 5.73 Å². The van der Waals surface area contributed by atoms with Gasteiger partial charge >= 0.3 is 18.7 Å². The number of alkyl halides is 7. The Labute approximate surface area is 246 Å². The Morgan fingerprint density at radius 2 is 1.43 bits per heavy atom. The van der Waals surface area contributed by atoms with E-state index in [0.29, 0.717) is 34.9 Å². The summed E-state index contributed by atoms with van der Waals surface area (Å²) in [6.07, 6.45) is -15.2. The highest BCUT2D eigenvalue weighted by molar-refractivity contribution is 5.97. The standard InChI is InChI=1S/C32H24F9NO2/c33-24-13-23(14-25(15-24)44-32(40,41)29(35)36)30(16-19-4-2-1-3-5-19,22-9-6-20(18-42)7-10-22)17-28(43)21-8-11-27(34)26(12-21)31(37,38)39/h1-15,29H,16-18,42H2/t30-/m1/s1. The average molecular weight is 626 g/mol. The van der Waals surface area contributed by atoms with Crippen LogP contribution in [0.1, 0.15) is 44.6 Å². The number of Topliss-reactive ketones (excluding diaryl/α,β-unsaturated/α-hetero) is 1. The highest BCUT2D eigenvalue weighted by atomic mass is 19.4. The molecule has 0 spiro atoms. The van der Waals surface area contributed by atoms with Crippen LogP contribution in [0.15, 0.2) is 91.0 Å². The molecular weight excluding hydrogens is 601 g/mol. The number of nitrogens with two attached hydrogens (primary N) is 1. The van der Waals surface area contributed by atoms with Crippen molar-refractivity contribution in [2.45, 2.75) is 43.5 Å². The maximum absolute atomic E-state index is 15.0. The highest BCUT2D eigenvalue weighted by Crippen LogP contribution is 2.43. The smallest absolute Gasteiger partial charge is 0.428 e. The van der Waals surface area contributed by atoms with Crippen molar-refractivity contribution in [3.63, 3.8) is 0 Å². The van der Waals surface area contributed by atoms with E-state index >= 15 is 4.39 Å². The molecule has 0 amide bonds. The summed E-state index contributed by atoms with van der Waals surface area (Å²) in [6.45, 7) is 0.112. The van der Waals surface area contributed by atoms with Crippen LogP contribution in [0.4, 0.5) is 39.5 Å². The molecule has 0 aromatic heterocycles. The fourth-order valence-corrected chi connectivity index (χ4v) is 4.93. The molecule has 0 radical (unpaired) electrons. The number of hydrogen-bond donors (Lipinski definition) is 1. The van der Waals surface area contributed by atoms with Gasteiger partial charge in [-0.05, 0) is 59.0 Å². The van der Waals surface area contributed by atoms with E-state index in [9.17, 15) is 39.9 Å². The average Bonchev–Trinajstić information content (AvgIpc) is 2.96. The van der Waals surface area contributed by atoms with E-state index in [1.165, 1.54) is 12.1 Å². The molecule has 4 rings (SSSR count). The molecule has 0 saturated carbocycles. The third kappa shape index (κ3) is 7.24. The van der Waals surface area contributed by atoms with E-state index in [4.69, 9.17) is 5.73 Å². The van der Waals surface area contributed by atoms with Crippen LogP contribution in [0.5, 0.6) is 5.75 Å². The van der Waals surface area contributed by atoms with Gasteiger partial charge in [-0.2, -0.15) is 30.7 Å². The van der Waals surface area contributed by atoms with Crippen molar-refractivity contribution in [1.82, 2.24) is 0 Å². The van der Waals surface area contributed by atoms with Gasteiger partial charge in [0, 0.05) is 30.0 Å². The van der Waals surface area contributed by atoms with E-state index in [1.54, 1.807) is 42.5 Å². The number of carbonyl (C=O) groups is 1. The molecule has 0 bridgehead atoms. The number of hydrogen-bond acceptors (Lipinski definition) is 3. The predicted molar refractivity (Wildman–Crippen MR) is 144 cm³/mol. The molecule has 3 nitrogen and oxygen atoms in total. The van der Waals surface area contributed by atoms with Crippen LogP contribution in [-0.4, -0.2) is 18.3 Å². The van der Waals surface area contributed by atoms with Gasteiger partial charge in [-0.1, -0.05) is 54.6 Å². The fraction of sp³-hybridized carbons (Fsp3) is 0.219. The van der Waals surface area contributed by atoms with Crippen molar-refractivity contribution in [1.29, 1.82) is 0 Å². The molecule has 0 aliphatic heterocycles. The molecule has 0 heterocycles. The Morgan fingerprint density at radius 1 is 0.773 bits per heavy atom. The third-order valence-corrected chi connectivity index (χ3v) is 7.08. The van der Waals surface area contributed by atoms with E-state index in [0.717, 1.165) is 18.2 Å². The summed E-state index contributed by atoms with van der Waals surface area (Å²) in [7, 11) is 0. The quantitative estimate of drug-likeness (QED) is 0.134. The SMILES string of the molecule is NCc1ccc([C@](CC(=O)c2ccc(F)c(C(F)(F)F)c2)(Cc2ccccc2)c2cc(F)cc(OC(F)(F)C(F)F)c2)cc1. The molecule has 0 aliphatic carbocycles. The molecule has 44 heavy (non-hydrogen) atoms. The lowest BCUT2D eigenvalue weighted by molar-refractivity contribution is -0.253. The number of carbonyl (C=O) groups excluding carboxylic acids is 1. The fourth-order valence-electron chi connectivity index (χ4n) is 4.93. The Hall–Kier alpha value is -4.32. The van der Waals surface area contributed by atoms with Crippen LogP contribution < -0.4 is 10.5 Å². The lowest BCUT2D eigenvalue weighted by Gasteiger charge is -2.36. The van der Waals surface area contributed by atoms with E-state index < -0.39 is 64.8 Å². The Bertz CT molecular complexity index is 1610. The maximum atomic E-state index is 15.0. The first kappa shape index (κ1) is 32.6. The molecule has 0 saturated heterocycles. The van der Waals surface area contributed by atoms with E-state index in [-0.39, 0.29) is 18.5 Å². The van der Waals surface area contributed by atoms with Gasteiger partial charge in [-0.25, -0.2) is 8.78 Å². The van der Waals surface area contributed by atoms with Gasteiger partial charge < -0.3 is 10.5 Å². The van der Waals surface area contributed by atoms with Crippen molar-refractivity contribution in [3.8, 4) is 5.75 Å². The van der Waals surface area contributed by atoms with Gasteiger partial charge in [-0.3, -0.25) is 4.79 Å². The van der Waals surface area contributed by atoms with Gasteiger partial charge in [-0.15, -0.1) is 0 Å². The van der Waals surface area contributed by atoms with E-state index in [2.05, 4.69) is 4.74 Å². The second-order valence-electron chi connectivity index (χ2n) is 10.1. The molecule has 1 atom stereocenters. The molecule has 232 valence electrons. The van der Waals surface area contributed by atoms with Crippen LogP contribution in [0.3, 0.4) is 0 Å². The predicted octanol–water partition coefficient (Wildman–Crippen LogP) is 8.48. The zero-order valence-corrected chi connectivity index (χ0v) is 22.7. The first-order chi connectivity index (χ1) is 20.6. The van der Waals surface area contributed by atoms with Gasteiger partial charge in [0.2, 0.25) is 0 Å². The van der Waals surface area contributed by atoms with Crippen molar-refractivity contribution in [2.75, 3.05) is 0 Å². The normalized spacial score (nSPS) is 13.5. The third-order valence-electron chi connectivity index (χ3n) is 7.08. The molecule has 2 N–H and O–H groups in total. The van der Waals surface area contributed by atoms with E-state index in [1.807, 2.05) is 0 Å². The number of ketones is 1. The molecule has 4 aromatic rings. The maximum Gasteiger partial charge on any atom is 0.461 e. The van der Waals surface area contributed by atoms with Crippen LogP contribution in [0.25, 0.3) is 0 Å². The summed E-state index contributed by atoms with van der Waals surface area (Å²) < 4.78 is 127. The summed E-state index contributed by atoms with van der Waals surface area (Å²) >= 11 is 0. The summed E-state index contributed by atoms with van der Waals surface area (Å²) in [4.78, 5) is 13.7. The lowest BCUT2D eigenvalue weighted by atomic mass is 9.66. The first-order valence-corrected chi connectivity index (χ1v) is 13.0. The van der Waals surface area contributed by atoms with Crippen molar-refractivity contribution >= 4 is 5.78 Å². The van der Waals surface area contributed by atoms with Gasteiger partial charge in [0.15, 0.2) is 5.78 Å². The van der Waals surface area contributed by atoms with Crippen molar-refractivity contribution < 1.29 is 49.0 Å². The summed E-state index contributed by atoms with van der Waals surface area (Å²) in [5.74, 6) is -4.69. The monoisotopic (exact) mass is 625 g/mol. The molecular formula is C32H24F9NO2. The molecule has 0 fully saturated rings. The van der Waals surface area contributed by atoms with Gasteiger partial charge in [0.1, 0.15) is 17.4 Å². The Kier molecular flexibility index (Phi) is 9.43. The minimum Gasteiger partial charge on any atom is -0.428 e. The minimum absolute atomic E-state index is 0.112. The summed E-state index contributed by atoms with van der Waals surface area (Å²) in [6, 6.07) is 18.4. The molecule has 0 aliphatic rings. The molecule has 4 aromatic carbocycles. The lowest BCUT2D eigenvalue weighted by Crippen LogP contribution is -2.35. The van der Waals surface area contributed by atoms with Gasteiger partial charge in [0.05, 0.1) is 5.56 Å². The summed E-state index contributed by atoms with van der Waals surface area (Å²) in [5, 5.41) is 0. The van der Waals surface area contributed by atoms with Crippen LogP contribution >= 0.6 is 0 Å². The largest absolute Gasteiger partial charge is 0.461 e.